The largest absolute Gasteiger partial charge is 0.457 e. The number of likely N-dealkylation sites (tertiary alicyclic amines) is 1. The number of nitrogen functional groups attached to an aromatic ring is 1. The average molecular weight is 280 g/mol. The average Bonchev–Trinajstić information content (AvgIpc) is 2.70. The van der Waals surface area contributed by atoms with Gasteiger partial charge < -0.3 is 15.4 Å². The maximum atomic E-state index is 12.6. The van der Waals surface area contributed by atoms with Gasteiger partial charge in [-0.1, -0.05) is 18.2 Å². The molecule has 2 atom stereocenters. The molecule has 1 fully saturated rings. The highest BCUT2D eigenvalue weighted by molar-refractivity contribution is 5.89. The van der Waals surface area contributed by atoms with Gasteiger partial charge in [0.2, 0.25) is 5.91 Å². The SMILES string of the molecule is CN1CC2c3ccccc3Oc3ccc(N)cc3[C@H]2C1=O. The molecule has 0 aliphatic carbocycles. The minimum absolute atomic E-state index is 0.113. The van der Waals surface area contributed by atoms with Crippen LogP contribution in [0.2, 0.25) is 0 Å². The van der Waals surface area contributed by atoms with E-state index in [2.05, 4.69) is 6.07 Å². The zero-order valence-electron chi connectivity index (χ0n) is 11.7. The first-order chi connectivity index (χ1) is 10.1. The summed E-state index contributed by atoms with van der Waals surface area (Å²) in [5, 5.41) is 0. The van der Waals surface area contributed by atoms with Crippen molar-refractivity contribution in [1.29, 1.82) is 0 Å². The van der Waals surface area contributed by atoms with Crippen LogP contribution in [0.5, 0.6) is 11.5 Å². The molecule has 2 aliphatic rings. The lowest BCUT2D eigenvalue weighted by atomic mass is 9.83. The Hall–Kier alpha value is -2.49. The summed E-state index contributed by atoms with van der Waals surface area (Å²) >= 11 is 0. The zero-order valence-corrected chi connectivity index (χ0v) is 11.7. The summed E-state index contributed by atoms with van der Waals surface area (Å²) in [5.74, 6) is 1.60. The highest BCUT2D eigenvalue weighted by Crippen LogP contribution is 2.50. The second-order valence-corrected chi connectivity index (χ2v) is 5.74. The van der Waals surface area contributed by atoms with E-state index in [1.807, 2.05) is 43.4 Å². The molecular weight excluding hydrogens is 264 g/mol. The molecule has 0 bridgehead atoms. The topological polar surface area (TPSA) is 55.6 Å². The van der Waals surface area contributed by atoms with Gasteiger partial charge in [0.1, 0.15) is 11.5 Å². The smallest absolute Gasteiger partial charge is 0.230 e. The molecule has 106 valence electrons. The van der Waals surface area contributed by atoms with Crippen LogP contribution < -0.4 is 10.5 Å². The number of carbonyl (C=O) groups excluding carboxylic acids is 1. The van der Waals surface area contributed by atoms with Gasteiger partial charge in [-0.15, -0.1) is 0 Å². The van der Waals surface area contributed by atoms with Crippen LogP contribution in [0.1, 0.15) is 23.0 Å². The quantitative estimate of drug-likeness (QED) is 0.755. The highest BCUT2D eigenvalue weighted by atomic mass is 16.5. The van der Waals surface area contributed by atoms with Gasteiger partial charge in [-0.25, -0.2) is 0 Å². The third-order valence-electron chi connectivity index (χ3n) is 4.42. The predicted octanol–water partition coefficient (Wildman–Crippen LogP) is 2.71. The minimum Gasteiger partial charge on any atom is -0.457 e. The number of nitrogens with zero attached hydrogens (tertiary/aromatic N) is 1. The summed E-state index contributed by atoms with van der Waals surface area (Å²) in [4.78, 5) is 14.4. The van der Waals surface area contributed by atoms with Gasteiger partial charge in [0.15, 0.2) is 0 Å². The van der Waals surface area contributed by atoms with Crippen LogP contribution in [0.4, 0.5) is 5.69 Å². The van der Waals surface area contributed by atoms with Crippen LogP contribution in [-0.2, 0) is 4.79 Å². The first-order valence-electron chi connectivity index (χ1n) is 7.06. The van der Waals surface area contributed by atoms with E-state index >= 15 is 0 Å². The van der Waals surface area contributed by atoms with Crippen molar-refractivity contribution in [3.8, 4) is 11.5 Å². The number of amides is 1. The third-order valence-corrected chi connectivity index (χ3v) is 4.42. The van der Waals surface area contributed by atoms with Crippen molar-refractivity contribution < 1.29 is 9.53 Å². The van der Waals surface area contributed by atoms with Crippen LogP contribution in [0.3, 0.4) is 0 Å². The van der Waals surface area contributed by atoms with Crippen molar-refractivity contribution in [3.63, 3.8) is 0 Å². The number of para-hydroxylation sites is 1. The number of ether oxygens (including phenoxy) is 1. The zero-order chi connectivity index (χ0) is 14.6. The molecule has 1 amide bonds. The molecular formula is C17H16N2O2. The lowest BCUT2D eigenvalue weighted by Gasteiger charge is -2.15. The predicted molar refractivity (Wildman–Crippen MR) is 80.5 cm³/mol. The van der Waals surface area contributed by atoms with Crippen LogP contribution in [0, 0.1) is 0 Å². The van der Waals surface area contributed by atoms with Crippen molar-refractivity contribution >= 4 is 11.6 Å². The summed E-state index contributed by atoms with van der Waals surface area (Å²) in [7, 11) is 1.85. The third kappa shape index (κ3) is 1.72. The van der Waals surface area contributed by atoms with E-state index in [4.69, 9.17) is 10.5 Å². The van der Waals surface area contributed by atoms with Gasteiger partial charge in [-0.3, -0.25) is 4.79 Å². The van der Waals surface area contributed by atoms with Gasteiger partial charge >= 0.3 is 0 Å². The van der Waals surface area contributed by atoms with Crippen molar-refractivity contribution in [2.75, 3.05) is 19.3 Å². The maximum absolute atomic E-state index is 12.6. The molecule has 4 heteroatoms. The van der Waals surface area contributed by atoms with Crippen LogP contribution in [-0.4, -0.2) is 24.4 Å². The van der Waals surface area contributed by atoms with E-state index in [1.54, 1.807) is 4.90 Å². The molecule has 2 aromatic rings. The Labute approximate surface area is 123 Å². The van der Waals surface area contributed by atoms with E-state index in [9.17, 15) is 4.79 Å². The van der Waals surface area contributed by atoms with E-state index in [1.165, 1.54) is 0 Å². The highest BCUT2D eigenvalue weighted by Gasteiger charge is 2.44. The number of anilines is 1. The molecule has 21 heavy (non-hydrogen) atoms. The van der Waals surface area contributed by atoms with Gasteiger partial charge in [-0.05, 0) is 24.3 Å². The second-order valence-electron chi connectivity index (χ2n) is 5.74. The summed E-state index contributed by atoms with van der Waals surface area (Å²) in [6.07, 6.45) is 0. The fraction of sp³-hybridized carbons (Fsp3) is 0.235. The van der Waals surface area contributed by atoms with E-state index in [-0.39, 0.29) is 17.7 Å². The number of hydrogen-bond acceptors (Lipinski definition) is 3. The van der Waals surface area contributed by atoms with Crippen molar-refractivity contribution in [1.82, 2.24) is 4.90 Å². The number of likely N-dealkylation sites (N-methyl/N-ethyl adjacent to an activating group) is 1. The Morgan fingerprint density at radius 1 is 1.14 bits per heavy atom. The lowest BCUT2D eigenvalue weighted by Crippen LogP contribution is -2.21. The summed E-state index contributed by atoms with van der Waals surface area (Å²) in [6, 6.07) is 13.5. The first kappa shape index (κ1) is 12.3. The summed E-state index contributed by atoms with van der Waals surface area (Å²) in [6.45, 7) is 0.706. The van der Waals surface area contributed by atoms with Crippen LogP contribution in [0.15, 0.2) is 42.5 Å². The maximum Gasteiger partial charge on any atom is 0.230 e. The molecule has 1 saturated heterocycles. The number of carbonyl (C=O) groups is 1. The minimum atomic E-state index is -0.211. The normalized spacial score (nSPS) is 22.9. The number of rotatable bonds is 0. The fourth-order valence-electron chi connectivity index (χ4n) is 3.43. The van der Waals surface area contributed by atoms with Crippen molar-refractivity contribution in [3.05, 3.63) is 53.6 Å². The van der Waals surface area contributed by atoms with Crippen molar-refractivity contribution in [2.45, 2.75) is 11.8 Å². The second kappa shape index (κ2) is 4.25. The number of nitrogens with two attached hydrogens (primary N) is 1. The molecule has 0 radical (unpaired) electrons. The van der Waals surface area contributed by atoms with Gasteiger partial charge in [0.05, 0.1) is 5.92 Å². The molecule has 2 heterocycles. The summed E-state index contributed by atoms with van der Waals surface area (Å²) in [5.41, 5.74) is 8.56. The lowest BCUT2D eigenvalue weighted by molar-refractivity contribution is -0.127. The Bertz CT molecular complexity index is 741. The van der Waals surface area contributed by atoms with Gasteiger partial charge in [-0.2, -0.15) is 0 Å². The van der Waals surface area contributed by atoms with Gasteiger partial charge in [0, 0.05) is 36.3 Å². The molecule has 0 saturated carbocycles. The number of benzene rings is 2. The molecule has 2 aliphatic heterocycles. The standard InChI is InChI=1S/C17H16N2O2/c1-19-9-13-11-4-2-3-5-14(11)21-15-7-6-10(18)8-12(15)16(13)17(19)20/h2-8,13,16H,9,18H2,1H3/t13?,16-/m1/s1. The van der Waals surface area contributed by atoms with Gasteiger partial charge in [0.25, 0.3) is 0 Å². The Morgan fingerprint density at radius 3 is 2.76 bits per heavy atom. The van der Waals surface area contributed by atoms with E-state index in [0.29, 0.717) is 12.2 Å². The van der Waals surface area contributed by atoms with Crippen LogP contribution in [0.25, 0.3) is 0 Å². The van der Waals surface area contributed by atoms with Crippen molar-refractivity contribution in [2.24, 2.45) is 0 Å². The fourth-order valence-corrected chi connectivity index (χ4v) is 3.43. The first-order valence-corrected chi connectivity index (χ1v) is 7.06. The molecule has 4 nitrogen and oxygen atoms in total. The molecule has 1 unspecified atom stereocenters. The monoisotopic (exact) mass is 280 g/mol. The van der Waals surface area contributed by atoms with Crippen LogP contribution >= 0.6 is 0 Å². The van der Waals surface area contributed by atoms with E-state index in [0.717, 1.165) is 22.6 Å². The van der Waals surface area contributed by atoms with E-state index < -0.39 is 0 Å². The Morgan fingerprint density at radius 2 is 1.90 bits per heavy atom. The molecule has 4 rings (SSSR count). The Balaban J connectivity index is 1.98. The molecule has 2 N–H and O–H groups in total. The Kier molecular flexibility index (Phi) is 2.48. The number of fused-ring (bicyclic) bond motifs is 5. The molecule has 0 spiro atoms. The number of hydrogen-bond donors (Lipinski definition) is 1. The molecule has 0 aromatic heterocycles. The molecule has 2 aromatic carbocycles. The summed E-state index contributed by atoms with van der Waals surface area (Å²) < 4.78 is 6.05.